The number of amides is 2. The van der Waals surface area contributed by atoms with E-state index in [1.54, 1.807) is 0 Å². The van der Waals surface area contributed by atoms with Gasteiger partial charge in [0.15, 0.2) is 25.2 Å². The maximum atomic E-state index is 12.2. The molecule has 0 aromatic rings. The van der Waals surface area contributed by atoms with Crippen molar-refractivity contribution >= 4 is 19.6 Å². The number of nitrogens with two attached hydrogens (primary N) is 1. The lowest BCUT2D eigenvalue weighted by Gasteiger charge is -2.49. The van der Waals surface area contributed by atoms with Gasteiger partial charge in [-0.05, 0) is 0 Å². The zero-order chi connectivity index (χ0) is 43.2. The van der Waals surface area contributed by atoms with Gasteiger partial charge in [0, 0.05) is 20.4 Å². The Hall–Kier alpha value is -1.71. The van der Waals surface area contributed by atoms with Crippen LogP contribution in [0.15, 0.2) is 0 Å². The van der Waals surface area contributed by atoms with E-state index in [1.807, 2.05) is 0 Å². The molecule has 0 spiro atoms. The summed E-state index contributed by atoms with van der Waals surface area (Å²) in [5.41, 5.74) is 5.25. The zero-order valence-electron chi connectivity index (χ0n) is 31.1. The minimum Gasteiger partial charge on any atom is -0.394 e. The second-order valence-electron chi connectivity index (χ2n) is 13.9. The topological polar surface area (TPSA) is 427 Å². The Bertz CT molecular complexity index is 1380. The third-order valence-electron chi connectivity index (χ3n) is 9.58. The first kappa shape index (κ1) is 49.0. The van der Waals surface area contributed by atoms with Gasteiger partial charge in [-0.3, -0.25) is 18.6 Å². The van der Waals surface area contributed by atoms with Gasteiger partial charge in [0.2, 0.25) is 11.8 Å². The highest BCUT2D eigenvalue weighted by molar-refractivity contribution is 7.47. The van der Waals surface area contributed by atoms with Gasteiger partial charge in [-0.2, -0.15) is 0 Å². The van der Waals surface area contributed by atoms with E-state index in [0.717, 1.165) is 13.8 Å². The molecule has 0 bridgehead atoms. The van der Waals surface area contributed by atoms with Gasteiger partial charge in [-0.15, -0.1) is 0 Å². The average molecular weight is 872 g/mol. The first-order chi connectivity index (χ1) is 27.2. The second-order valence-corrected chi connectivity index (χ2v) is 15.3. The van der Waals surface area contributed by atoms with Crippen LogP contribution in [0.2, 0.25) is 0 Å². The summed E-state index contributed by atoms with van der Waals surface area (Å²) in [6.45, 7) is -1.79. The summed E-state index contributed by atoms with van der Waals surface area (Å²) in [6, 6.07) is -3.14. The van der Waals surface area contributed by atoms with Crippen molar-refractivity contribution in [2.24, 2.45) is 5.73 Å². The SMILES string of the molecule is CC(=O)N[C@H]1[C@H](O[C@@H]2[C@@H](O)[C@H](O)O[C@H](CO)[C@@H]2O)O[C@H](CO)[C@@H](O[C@@H]2O[C@H](CO[C@H]3O[C@H](COP(=O)(O)OCCN)[C@H](O)[C@H](O)[C@H]3NC(C)=O)[C@H](O)[C@H](O)[C@H]2O)[C@@H]1O. The lowest BCUT2D eigenvalue weighted by molar-refractivity contribution is -0.368. The molecule has 4 aliphatic rings. The third kappa shape index (κ3) is 11.8. The van der Waals surface area contributed by atoms with Crippen molar-refractivity contribution < 1.29 is 117 Å². The monoisotopic (exact) mass is 871 g/mol. The summed E-state index contributed by atoms with van der Waals surface area (Å²) in [4.78, 5) is 34.0. The molecule has 4 aliphatic heterocycles. The fraction of sp³-hybridized carbons (Fsp3) is 0.933. The number of aliphatic hydroxyl groups excluding tert-OH is 11. The maximum Gasteiger partial charge on any atom is 0.472 e. The van der Waals surface area contributed by atoms with Gasteiger partial charge < -0.3 is 111 Å². The molecule has 58 heavy (non-hydrogen) atoms. The summed E-state index contributed by atoms with van der Waals surface area (Å²) in [5.74, 6) is -1.49. The molecule has 4 saturated heterocycles. The van der Waals surface area contributed by atoms with E-state index >= 15 is 0 Å². The van der Waals surface area contributed by atoms with Crippen LogP contribution in [-0.2, 0) is 56.4 Å². The quantitative estimate of drug-likeness (QED) is 0.0603. The Morgan fingerprint density at radius 3 is 1.72 bits per heavy atom. The lowest BCUT2D eigenvalue weighted by Crippen LogP contribution is -2.69. The van der Waals surface area contributed by atoms with Gasteiger partial charge in [0.05, 0.1) is 33.0 Å². The van der Waals surface area contributed by atoms with Crippen LogP contribution in [-0.4, -0.2) is 235 Å². The molecule has 16 N–H and O–H groups in total. The van der Waals surface area contributed by atoms with Crippen LogP contribution in [0.4, 0.5) is 0 Å². The van der Waals surface area contributed by atoms with Crippen molar-refractivity contribution in [3.05, 3.63) is 0 Å². The molecule has 338 valence electrons. The Morgan fingerprint density at radius 2 is 1.14 bits per heavy atom. The first-order valence-corrected chi connectivity index (χ1v) is 19.5. The van der Waals surface area contributed by atoms with Gasteiger partial charge >= 0.3 is 7.82 Å². The standard InChI is InChI=1S/C30H54N3O24P/c1-9(36)32-15-20(41)17(38)14(8-51-58(47,48)50-4-3-31)54-28(15)49-7-13-18(39)22(43)23(44)30(55-13)56-25-12(6-35)53-29(16(21(25)42)33-10(2)37)57-26-19(40)11(5-34)52-27(46)24(26)45/h11-30,34-35,38-46H,3-8,31H2,1-2H3,(H,32,36)(H,33,37)(H,47,48)/t11-,12-,13-,14-,15-,16-,17+,18+,19+,20-,21-,22+,23-,24-,25-,26+,27-,28+,29+,30+/m1/s1. The Balaban J connectivity index is 1.50. The van der Waals surface area contributed by atoms with E-state index < -0.39 is 169 Å². The number of rotatable bonds is 17. The van der Waals surface area contributed by atoms with Crippen molar-refractivity contribution in [1.29, 1.82) is 0 Å². The van der Waals surface area contributed by atoms with E-state index in [9.17, 15) is 75.2 Å². The van der Waals surface area contributed by atoms with E-state index in [2.05, 4.69) is 15.2 Å². The number of carbonyl (C=O) groups is 2. The van der Waals surface area contributed by atoms with E-state index in [4.69, 9.17) is 43.4 Å². The molecule has 0 aliphatic carbocycles. The van der Waals surface area contributed by atoms with Crippen LogP contribution < -0.4 is 16.4 Å². The predicted octanol–water partition coefficient (Wildman–Crippen LogP) is -9.36. The number of nitrogens with one attached hydrogen (secondary N) is 2. The fourth-order valence-corrected chi connectivity index (χ4v) is 7.35. The molecular weight excluding hydrogens is 817 g/mol. The number of carbonyl (C=O) groups excluding carboxylic acids is 2. The third-order valence-corrected chi connectivity index (χ3v) is 10.6. The highest BCUT2D eigenvalue weighted by Gasteiger charge is 2.54. The molecule has 4 heterocycles. The van der Waals surface area contributed by atoms with Gasteiger partial charge in [-0.25, -0.2) is 4.57 Å². The number of ether oxygens (including phenoxy) is 7. The average Bonchev–Trinajstić information content (AvgIpc) is 3.17. The zero-order valence-corrected chi connectivity index (χ0v) is 32.0. The first-order valence-electron chi connectivity index (χ1n) is 18.0. The molecule has 0 radical (unpaired) electrons. The van der Waals surface area contributed by atoms with Gasteiger partial charge in [-0.1, -0.05) is 0 Å². The van der Waals surface area contributed by atoms with Crippen molar-refractivity contribution in [3.63, 3.8) is 0 Å². The summed E-state index contributed by atoms with van der Waals surface area (Å²) in [7, 11) is -4.70. The van der Waals surface area contributed by atoms with E-state index in [1.165, 1.54) is 0 Å². The van der Waals surface area contributed by atoms with Crippen molar-refractivity contribution in [1.82, 2.24) is 10.6 Å². The Labute approximate surface area is 329 Å². The second kappa shape index (κ2) is 21.4. The highest BCUT2D eigenvalue weighted by atomic mass is 31.2. The minimum absolute atomic E-state index is 0.131. The molecule has 1 unspecified atom stereocenters. The van der Waals surface area contributed by atoms with Crippen molar-refractivity contribution in [2.75, 3.05) is 39.6 Å². The van der Waals surface area contributed by atoms with Crippen LogP contribution in [0, 0.1) is 0 Å². The van der Waals surface area contributed by atoms with Gasteiger partial charge in [0.1, 0.15) is 97.5 Å². The Morgan fingerprint density at radius 1 is 0.603 bits per heavy atom. The molecule has 0 saturated carbocycles. The predicted molar refractivity (Wildman–Crippen MR) is 181 cm³/mol. The van der Waals surface area contributed by atoms with Crippen LogP contribution in [0.1, 0.15) is 13.8 Å². The van der Waals surface area contributed by atoms with Crippen molar-refractivity contribution in [2.45, 2.75) is 137 Å². The molecule has 4 fully saturated rings. The van der Waals surface area contributed by atoms with Crippen LogP contribution in [0.5, 0.6) is 0 Å². The van der Waals surface area contributed by atoms with E-state index in [-0.39, 0.29) is 13.2 Å². The summed E-state index contributed by atoms with van der Waals surface area (Å²) in [6.07, 6.45) is -32.6. The molecular formula is C30H54N3O24P. The summed E-state index contributed by atoms with van der Waals surface area (Å²) >= 11 is 0. The number of hydrogen-bond donors (Lipinski definition) is 15. The van der Waals surface area contributed by atoms with Crippen LogP contribution in [0.3, 0.4) is 0 Å². The highest BCUT2D eigenvalue weighted by Crippen LogP contribution is 2.43. The maximum absolute atomic E-state index is 12.2. The normalized spacial score (nSPS) is 44.6. The molecule has 0 aromatic heterocycles. The molecule has 28 heteroatoms. The fourth-order valence-electron chi connectivity index (χ4n) is 6.61. The van der Waals surface area contributed by atoms with Crippen molar-refractivity contribution in [3.8, 4) is 0 Å². The number of phosphoric ester groups is 1. The molecule has 4 rings (SSSR count). The number of hydrogen-bond acceptors (Lipinski definition) is 24. The largest absolute Gasteiger partial charge is 0.472 e. The number of aliphatic hydroxyl groups is 11. The summed E-state index contributed by atoms with van der Waals surface area (Å²) < 4.78 is 60.7. The summed E-state index contributed by atoms with van der Waals surface area (Å²) in [5, 5.41) is 121. The van der Waals surface area contributed by atoms with Crippen LogP contribution >= 0.6 is 7.82 Å². The number of phosphoric acid groups is 1. The van der Waals surface area contributed by atoms with E-state index in [0.29, 0.717) is 0 Å². The minimum atomic E-state index is -4.70. The lowest BCUT2D eigenvalue weighted by atomic mass is 9.94. The Kier molecular flexibility index (Phi) is 18.1. The smallest absolute Gasteiger partial charge is 0.394 e. The molecule has 0 aromatic carbocycles. The molecule has 27 nitrogen and oxygen atoms in total. The molecule has 2 amide bonds. The van der Waals surface area contributed by atoms with Crippen LogP contribution in [0.25, 0.3) is 0 Å². The van der Waals surface area contributed by atoms with Gasteiger partial charge in [0.25, 0.3) is 0 Å². The molecule has 21 atom stereocenters.